The van der Waals surface area contributed by atoms with E-state index in [9.17, 15) is 9.59 Å². The smallest absolute Gasteiger partial charge is 0.262 e. The molecule has 8 heteroatoms. The van der Waals surface area contributed by atoms with Crippen molar-refractivity contribution in [3.8, 4) is 0 Å². The predicted molar refractivity (Wildman–Crippen MR) is 98.9 cm³/mol. The Morgan fingerprint density at radius 2 is 2.08 bits per heavy atom. The largest absolute Gasteiger partial charge is 0.375 e. The quantitative estimate of drug-likeness (QED) is 0.777. The lowest BCUT2D eigenvalue weighted by atomic mass is 10.1. The van der Waals surface area contributed by atoms with Crippen LogP contribution in [-0.2, 0) is 14.3 Å². The van der Waals surface area contributed by atoms with Crippen molar-refractivity contribution in [3.63, 3.8) is 0 Å². The van der Waals surface area contributed by atoms with Crippen LogP contribution in [0.4, 0.5) is 0 Å². The molecule has 0 bridgehead atoms. The number of hydrogen-bond donors (Lipinski definition) is 0. The number of amides is 2. The van der Waals surface area contributed by atoms with Gasteiger partial charge in [0.15, 0.2) is 0 Å². The fourth-order valence-electron chi connectivity index (χ4n) is 2.63. The third-order valence-corrected chi connectivity index (χ3v) is 5.80. The Morgan fingerprint density at radius 3 is 2.72 bits per heavy atom. The van der Waals surface area contributed by atoms with Crippen molar-refractivity contribution in [1.82, 2.24) is 9.91 Å². The molecule has 0 radical (unpaired) electrons. The average Bonchev–Trinajstić information content (AvgIpc) is 3.33. The Balaban J connectivity index is 1.79. The molecule has 2 amide bonds. The molecule has 6 nitrogen and oxygen atoms in total. The van der Waals surface area contributed by atoms with Crippen molar-refractivity contribution in [1.29, 1.82) is 0 Å². The van der Waals surface area contributed by atoms with Gasteiger partial charge < -0.3 is 9.64 Å². The third-order valence-electron chi connectivity index (χ3n) is 3.91. The number of ether oxygens (including phenoxy) is 1. The molecule has 1 atom stereocenters. The monoisotopic (exact) mass is 377 g/mol. The van der Waals surface area contributed by atoms with Crippen LogP contribution in [0.15, 0.2) is 40.1 Å². The van der Waals surface area contributed by atoms with Crippen molar-refractivity contribution in [2.75, 3.05) is 27.3 Å². The second kappa shape index (κ2) is 7.90. The van der Waals surface area contributed by atoms with Gasteiger partial charge in [-0.2, -0.15) is 5.10 Å². The summed E-state index contributed by atoms with van der Waals surface area (Å²) in [4.78, 5) is 28.2. The standard InChI is InChI=1S/C17H19N3O3S2/c1-19(17(22)11-23-2)10-16(21)20-13(15-6-4-8-25-15)9-12(18-20)14-5-3-7-24-14/h3-8,13H,9-11H2,1-2H3. The molecule has 3 rings (SSSR count). The second-order valence-corrected chi connectivity index (χ2v) is 7.61. The zero-order valence-corrected chi connectivity index (χ0v) is 15.7. The van der Waals surface area contributed by atoms with E-state index in [2.05, 4.69) is 5.10 Å². The number of methoxy groups -OCH3 is 1. The van der Waals surface area contributed by atoms with E-state index in [0.29, 0.717) is 6.42 Å². The van der Waals surface area contributed by atoms with Gasteiger partial charge in [0.1, 0.15) is 13.2 Å². The molecule has 1 aliphatic rings. The first-order chi connectivity index (χ1) is 12.1. The summed E-state index contributed by atoms with van der Waals surface area (Å²) >= 11 is 3.22. The van der Waals surface area contributed by atoms with E-state index < -0.39 is 0 Å². The molecule has 132 valence electrons. The number of carbonyl (C=O) groups excluding carboxylic acids is 2. The number of likely N-dealkylation sites (N-methyl/N-ethyl adjacent to an activating group) is 1. The molecule has 25 heavy (non-hydrogen) atoms. The van der Waals surface area contributed by atoms with Crippen molar-refractivity contribution >= 4 is 40.2 Å². The molecule has 0 fully saturated rings. The summed E-state index contributed by atoms with van der Waals surface area (Å²) in [6.07, 6.45) is 0.683. The molecule has 0 saturated heterocycles. The Morgan fingerprint density at radius 1 is 1.32 bits per heavy atom. The first kappa shape index (κ1) is 17.8. The van der Waals surface area contributed by atoms with Crippen molar-refractivity contribution in [2.45, 2.75) is 12.5 Å². The van der Waals surface area contributed by atoms with Gasteiger partial charge in [0.25, 0.3) is 5.91 Å². The number of rotatable bonds is 6. The summed E-state index contributed by atoms with van der Waals surface area (Å²) < 4.78 is 4.84. The van der Waals surface area contributed by atoms with Crippen molar-refractivity contribution in [3.05, 3.63) is 44.8 Å². The maximum atomic E-state index is 12.8. The zero-order chi connectivity index (χ0) is 17.8. The summed E-state index contributed by atoms with van der Waals surface area (Å²) in [7, 11) is 3.05. The Kier molecular flexibility index (Phi) is 5.62. The summed E-state index contributed by atoms with van der Waals surface area (Å²) in [5.41, 5.74) is 0.910. The highest BCUT2D eigenvalue weighted by Crippen LogP contribution is 2.35. The number of hydrogen-bond acceptors (Lipinski definition) is 6. The first-order valence-corrected chi connectivity index (χ1v) is 9.55. The lowest BCUT2D eigenvalue weighted by molar-refractivity contribution is -0.142. The second-order valence-electron chi connectivity index (χ2n) is 5.68. The molecule has 0 saturated carbocycles. The lowest BCUT2D eigenvalue weighted by Crippen LogP contribution is -2.40. The van der Waals surface area contributed by atoms with Crippen LogP contribution in [0.3, 0.4) is 0 Å². The van der Waals surface area contributed by atoms with Gasteiger partial charge in [-0.15, -0.1) is 22.7 Å². The zero-order valence-electron chi connectivity index (χ0n) is 14.0. The van der Waals surface area contributed by atoms with E-state index in [0.717, 1.165) is 15.5 Å². The van der Waals surface area contributed by atoms with Crippen LogP contribution in [0.5, 0.6) is 0 Å². The summed E-state index contributed by atoms with van der Waals surface area (Å²) in [5, 5.41) is 10.1. The summed E-state index contributed by atoms with van der Waals surface area (Å²) in [5.74, 6) is -0.429. The van der Waals surface area contributed by atoms with E-state index in [1.807, 2.05) is 35.0 Å². The highest BCUT2D eigenvalue weighted by atomic mass is 32.1. The maximum Gasteiger partial charge on any atom is 0.262 e. The molecule has 2 aromatic rings. The predicted octanol–water partition coefficient (Wildman–Crippen LogP) is 2.59. The van der Waals surface area contributed by atoms with Gasteiger partial charge in [0.2, 0.25) is 5.91 Å². The molecule has 0 aromatic carbocycles. The molecule has 0 spiro atoms. The number of thiophene rings is 2. The minimum atomic E-state index is -0.231. The number of hydrazone groups is 1. The number of nitrogens with zero attached hydrogens (tertiary/aromatic N) is 3. The van der Waals surface area contributed by atoms with Crippen LogP contribution in [0, 0.1) is 0 Å². The molecule has 1 aliphatic heterocycles. The molecule has 0 N–H and O–H groups in total. The van der Waals surface area contributed by atoms with Crippen LogP contribution in [-0.4, -0.2) is 54.7 Å². The molecule has 3 heterocycles. The third kappa shape index (κ3) is 3.97. The highest BCUT2D eigenvalue weighted by Gasteiger charge is 2.34. The molecule has 0 aliphatic carbocycles. The van der Waals surface area contributed by atoms with Gasteiger partial charge in [0, 0.05) is 25.5 Å². The Labute approximate surface area is 154 Å². The fourth-order valence-corrected chi connectivity index (χ4v) is 4.16. The Hall–Kier alpha value is -2.03. The van der Waals surface area contributed by atoms with Gasteiger partial charge in [-0.1, -0.05) is 12.1 Å². The van der Waals surface area contributed by atoms with E-state index in [4.69, 9.17) is 4.74 Å². The molecule has 1 unspecified atom stereocenters. The van der Waals surface area contributed by atoms with Crippen LogP contribution in [0.2, 0.25) is 0 Å². The fraction of sp³-hybridized carbons (Fsp3) is 0.353. The maximum absolute atomic E-state index is 12.8. The van der Waals surface area contributed by atoms with Crippen LogP contribution in [0.25, 0.3) is 0 Å². The van der Waals surface area contributed by atoms with Gasteiger partial charge in [-0.05, 0) is 22.9 Å². The van der Waals surface area contributed by atoms with Crippen molar-refractivity contribution < 1.29 is 14.3 Å². The van der Waals surface area contributed by atoms with Gasteiger partial charge in [-0.25, -0.2) is 5.01 Å². The SMILES string of the molecule is COCC(=O)N(C)CC(=O)N1N=C(c2cccs2)CC1c1cccs1. The van der Waals surface area contributed by atoms with Crippen LogP contribution < -0.4 is 0 Å². The molecule has 2 aromatic heterocycles. The van der Waals surface area contributed by atoms with E-state index in [1.54, 1.807) is 29.7 Å². The minimum absolute atomic E-state index is 0.0225. The summed E-state index contributed by atoms with van der Waals surface area (Å²) in [6, 6.07) is 7.86. The Bertz CT molecular complexity index is 756. The van der Waals surface area contributed by atoms with Crippen LogP contribution in [0.1, 0.15) is 22.2 Å². The normalized spacial score (nSPS) is 16.8. The molecular weight excluding hydrogens is 358 g/mol. The van der Waals surface area contributed by atoms with E-state index >= 15 is 0 Å². The van der Waals surface area contributed by atoms with Crippen LogP contribution >= 0.6 is 22.7 Å². The minimum Gasteiger partial charge on any atom is -0.375 e. The van der Waals surface area contributed by atoms with Gasteiger partial charge in [-0.3, -0.25) is 9.59 Å². The number of carbonyl (C=O) groups is 2. The average molecular weight is 377 g/mol. The van der Waals surface area contributed by atoms with E-state index in [-0.39, 0.29) is 31.0 Å². The van der Waals surface area contributed by atoms with Gasteiger partial charge in [0.05, 0.1) is 16.6 Å². The summed E-state index contributed by atoms with van der Waals surface area (Å²) in [6.45, 7) is -0.0624. The first-order valence-electron chi connectivity index (χ1n) is 7.80. The molecular formula is C17H19N3O3S2. The van der Waals surface area contributed by atoms with E-state index in [1.165, 1.54) is 17.0 Å². The topological polar surface area (TPSA) is 62.2 Å². The van der Waals surface area contributed by atoms with Crippen molar-refractivity contribution in [2.24, 2.45) is 5.10 Å². The highest BCUT2D eigenvalue weighted by molar-refractivity contribution is 7.12. The van der Waals surface area contributed by atoms with Gasteiger partial charge >= 0.3 is 0 Å². The lowest BCUT2D eigenvalue weighted by Gasteiger charge is -2.23.